The molecule has 0 aliphatic carbocycles. The van der Waals surface area contributed by atoms with Gasteiger partial charge in [-0.3, -0.25) is 9.59 Å². The molecule has 0 aliphatic heterocycles. The maximum absolute atomic E-state index is 13.2. The van der Waals surface area contributed by atoms with Crippen molar-refractivity contribution in [2.24, 2.45) is 0 Å². The third kappa shape index (κ3) is 5.61. The minimum Gasteiger partial charge on any atom is -0.478 e. The van der Waals surface area contributed by atoms with Crippen LogP contribution >= 0.6 is 0 Å². The number of hydrogen-bond acceptors (Lipinski definition) is 4. The predicted molar refractivity (Wildman–Crippen MR) is 125 cm³/mol. The summed E-state index contributed by atoms with van der Waals surface area (Å²) in [6.07, 6.45) is 1.47. The van der Waals surface area contributed by atoms with Gasteiger partial charge in [-0.05, 0) is 49.2 Å². The van der Waals surface area contributed by atoms with E-state index in [4.69, 9.17) is 10.00 Å². The standard InChI is InChI=1S/C26H23N3O3/c1-18-9-3-6-12-22(18)28-25(30)21(26(31)29-23-13-7-4-10-19(23)2)17-20-11-5-8-14-24(20)32-16-15-27/h3-14,17H,16H2,1-2H3,(H,28,30)(H,29,31). The highest BCUT2D eigenvalue weighted by atomic mass is 16.5. The number of amides is 2. The van der Waals surface area contributed by atoms with Gasteiger partial charge in [0.1, 0.15) is 17.4 Å². The molecule has 0 fully saturated rings. The Kier molecular flexibility index (Phi) is 7.39. The van der Waals surface area contributed by atoms with E-state index < -0.39 is 11.8 Å². The van der Waals surface area contributed by atoms with E-state index >= 15 is 0 Å². The predicted octanol–water partition coefficient (Wildman–Crippen LogP) is 4.87. The monoisotopic (exact) mass is 425 g/mol. The number of carbonyl (C=O) groups is 2. The number of carbonyl (C=O) groups excluding carboxylic acids is 2. The largest absolute Gasteiger partial charge is 0.478 e. The number of ether oxygens (including phenoxy) is 1. The van der Waals surface area contributed by atoms with Crippen LogP contribution in [0.5, 0.6) is 5.75 Å². The molecule has 3 aromatic carbocycles. The zero-order chi connectivity index (χ0) is 22.9. The van der Waals surface area contributed by atoms with Gasteiger partial charge in [0.15, 0.2) is 6.61 Å². The van der Waals surface area contributed by atoms with Crippen LogP contribution in [0.4, 0.5) is 11.4 Å². The summed E-state index contributed by atoms with van der Waals surface area (Å²) < 4.78 is 5.45. The Labute approximate surface area is 187 Å². The van der Waals surface area contributed by atoms with Gasteiger partial charge in [0, 0.05) is 16.9 Å². The Bertz CT molecular complexity index is 1150. The summed E-state index contributed by atoms with van der Waals surface area (Å²) in [6, 6.07) is 23.5. The van der Waals surface area contributed by atoms with Crippen molar-refractivity contribution in [3.63, 3.8) is 0 Å². The van der Waals surface area contributed by atoms with Crippen LogP contribution in [0, 0.1) is 25.2 Å². The first kappa shape index (κ1) is 22.3. The van der Waals surface area contributed by atoms with Crippen LogP contribution in [0.15, 0.2) is 78.4 Å². The molecule has 3 aromatic rings. The summed E-state index contributed by atoms with van der Waals surface area (Å²) in [6.45, 7) is 3.60. The van der Waals surface area contributed by atoms with Gasteiger partial charge in [0.05, 0.1) is 0 Å². The molecular weight excluding hydrogens is 402 g/mol. The molecule has 0 aromatic heterocycles. The molecule has 0 saturated carbocycles. The van der Waals surface area contributed by atoms with E-state index in [1.807, 2.05) is 56.3 Å². The maximum atomic E-state index is 13.2. The quantitative estimate of drug-likeness (QED) is 0.321. The van der Waals surface area contributed by atoms with Crippen molar-refractivity contribution in [3.05, 3.63) is 95.1 Å². The first-order valence-corrected chi connectivity index (χ1v) is 10.0. The Morgan fingerprint density at radius 2 is 1.34 bits per heavy atom. The zero-order valence-corrected chi connectivity index (χ0v) is 17.9. The smallest absolute Gasteiger partial charge is 0.261 e. The maximum Gasteiger partial charge on any atom is 0.261 e. The summed E-state index contributed by atoms with van der Waals surface area (Å²) in [4.78, 5) is 26.4. The topological polar surface area (TPSA) is 91.2 Å². The summed E-state index contributed by atoms with van der Waals surface area (Å²) in [5, 5.41) is 14.5. The number of aryl methyl sites for hydroxylation is 2. The van der Waals surface area contributed by atoms with Crippen LogP contribution in [0.2, 0.25) is 0 Å². The summed E-state index contributed by atoms with van der Waals surface area (Å²) >= 11 is 0. The molecule has 0 atom stereocenters. The summed E-state index contributed by atoms with van der Waals surface area (Å²) in [5.74, 6) is -0.708. The average molecular weight is 425 g/mol. The van der Waals surface area contributed by atoms with Crippen molar-refractivity contribution < 1.29 is 14.3 Å². The second-order valence-corrected chi connectivity index (χ2v) is 7.08. The van der Waals surface area contributed by atoms with Crippen molar-refractivity contribution in [2.45, 2.75) is 13.8 Å². The minimum absolute atomic E-state index is 0.0930. The number of nitriles is 1. The van der Waals surface area contributed by atoms with Gasteiger partial charge >= 0.3 is 0 Å². The molecule has 160 valence electrons. The fourth-order valence-corrected chi connectivity index (χ4v) is 3.04. The lowest BCUT2D eigenvalue weighted by Gasteiger charge is -2.13. The molecule has 0 spiro atoms. The molecule has 0 saturated heterocycles. The van der Waals surface area contributed by atoms with Gasteiger partial charge in [0.25, 0.3) is 11.8 Å². The fraction of sp³-hybridized carbons (Fsp3) is 0.115. The molecule has 6 heteroatoms. The number of nitrogens with one attached hydrogen (secondary N) is 2. The van der Waals surface area contributed by atoms with Gasteiger partial charge in [-0.15, -0.1) is 0 Å². The minimum atomic E-state index is -0.555. The molecular formula is C26H23N3O3. The highest BCUT2D eigenvalue weighted by Gasteiger charge is 2.21. The first-order valence-electron chi connectivity index (χ1n) is 10.0. The second kappa shape index (κ2) is 10.6. The summed E-state index contributed by atoms with van der Waals surface area (Å²) in [5.41, 5.74) is 3.39. The average Bonchev–Trinajstić information content (AvgIpc) is 2.79. The van der Waals surface area contributed by atoms with Crippen LogP contribution in [-0.2, 0) is 9.59 Å². The van der Waals surface area contributed by atoms with E-state index in [1.54, 1.807) is 36.4 Å². The molecule has 0 bridgehead atoms. The van der Waals surface area contributed by atoms with Crippen molar-refractivity contribution in [1.82, 2.24) is 0 Å². The van der Waals surface area contributed by atoms with Gasteiger partial charge in [0.2, 0.25) is 0 Å². The molecule has 0 heterocycles. The third-order valence-electron chi connectivity index (χ3n) is 4.79. The first-order chi connectivity index (χ1) is 15.5. The van der Waals surface area contributed by atoms with E-state index in [2.05, 4.69) is 10.6 Å². The number of anilines is 2. The van der Waals surface area contributed by atoms with Gasteiger partial charge in [-0.2, -0.15) is 5.26 Å². The lowest BCUT2D eigenvalue weighted by molar-refractivity contribution is -0.118. The van der Waals surface area contributed by atoms with E-state index in [9.17, 15) is 9.59 Å². The van der Waals surface area contributed by atoms with Crippen molar-refractivity contribution in [1.29, 1.82) is 5.26 Å². The lowest BCUT2D eigenvalue weighted by atomic mass is 10.1. The Hall–Kier alpha value is -4.37. The number of rotatable bonds is 7. The molecule has 3 rings (SSSR count). The number of para-hydroxylation sites is 3. The highest BCUT2D eigenvalue weighted by molar-refractivity contribution is 6.29. The van der Waals surface area contributed by atoms with Gasteiger partial charge < -0.3 is 15.4 Å². The zero-order valence-electron chi connectivity index (χ0n) is 17.9. The van der Waals surface area contributed by atoms with Crippen LogP contribution < -0.4 is 15.4 Å². The molecule has 0 aliphatic rings. The molecule has 6 nitrogen and oxygen atoms in total. The van der Waals surface area contributed by atoms with Crippen LogP contribution in [0.3, 0.4) is 0 Å². The van der Waals surface area contributed by atoms with Crippen LogP contribution in [0.1, 0.15) is 16.7 Å². The van der Waals surface area contributed by atoms with Gasteiger partial charge in [-0.1, -0.05) is 54.6 Å². The van der Waals surface area contributed by atoms with Crippen molar-refractivity contribution in [2.75, 3.05) is 17.2 Å². The molecule has 0 radical (unpaired) electrons. The molecule has 2 N–H and O–H groups in total. The molecule has 2 amide bonds. The third-order valence-corrected chi connectivity index (χ3v) is 4.79. The molecule has 0 unspecified atom stereocenters. The Balaban J connectivity index is 1.99. The second-order valence-electron chi connectivity index (χ2n) is 7.08. The number of hydrogen-bond donors (Lipinski definition) is 2. The number of nitrogens with zero attached hydrogens (tertiary/aromatic N) is 1. The number of benzene rings is 3. The van der Waals surface area contributed by atoms with E-state index in [-0.39, 0.29) is 12.2 Å². The normalized spacial score (nSPS) is 9.91. The van der Waals surface area contributed by atoms with Crippen LogP contribution in [-0.4, -0.2) is 18.4 Å². The fourth-order valence-electron chi connectivity index (χ4n) is 3.04. The van der Waals surface area contributed by atoms with E-state index in [0.717, 1.165) is 11.1 Å². The summed E-state index contributed by atoms with van der Waals surface area (Å²) in [7, 11) is 0. The van der Waals surface area contributed by atoms with E-state index in [1.165, 1.54) is 6.08 Å². The Morgan fingerprint density at radius 1 is 0.844 bits per heavy atom. The van der Waals surface area contributed by atoms with E-state index in [0.29, 0.717) is 22.7 Å². The Morgan fingerprint density at radius 3 is 1.88 bits per heavy atom. The van der Waals surface area contributed by atoms with Crippen LogP contribution in [0.25, 0.3) is 6.08 Å². The highest BCUT2D eigenvalue weighted by Crippen LogP contribution is 2.23. The SMILES string of the molecule is Cc1ccccc1NC(=O)C(=Cc1ccccc1OCC#N)C(=O)Nc1ccccc1C. The lowest BCUT2D eigenvalue weighted by Crippen LogP contribution is -2.26. The van der Waals surface area contributed by atoms with Crippen molar-refractivity contribution in [3.8, 4) is 11.8 Å². The van der Waals surface area contributed by atoms with Gasteiger partial charge in [-0.25, -0.2) is 0 Å². The van der Waals surface area contributed by atoms with Crippen molar-refractivity contribution >= 4 is 29.3 Å². The molecule has 32 heavy (non-hydrogen) atoms.